The largest absolute Gasteiger partial charge is 0.459 e. The van der Waals surface area contributed by atoms with Crippen LogP contribution >= 0.6 is 0 Å². The number of benzene rings is 4. The van der Waals surface area contributed by atoms with Crippen LogP contribution in [0.25, 0.3) is 10.8 Å². The molecule has 3 atom stereocenters. The molecular formula is C33H30O5. The molecule has 1 heterocycles. The minimum absolute atomic E-state index is 0.00365. The lowest BCUT2D eigenvalue weighted by atomic mass is 9.95. The Balaban J connectivity index is 1.25. The van der Waals surface area contributed by atoms with E-state index in [4.69, 9.17) is 14.2 Å². The van der Waals surface area contributed by atoms with Gasteiger partial charge in [0.2, 0.25) is 0 Å². The number of carbonyl (C=O) groups excluding carboxylic acids is 2. The first-order chi connectivity index (χ1) is 18.5. The third-order valence-corrected chi connectivity index (χ3v) is 7.67. The first kappa shape index (κ1) is 24.4. The normalized spacial score (nSPS) is 20.0. The minimum atomic E-state index is -0.577. The van der Waals surface area contributed by atoms with Crippen LogP contribution in [0, 0.1) is 13.8 Å². The van der Waals surface area contributed by atoms with Crippen molar-refractivity contribution in [2.45, 2.75) is 51.4 Å². The Labute approximate surface area is 222 Å². The zero-order valence-corrected chi connectivity index (χ0v) is 21.6. The molecule has 4 aromatic carbocycles. The molecule has 1 aliphatic carbocycles. The van der Waals surface area contributed by atoms with Crippen molar-refractivity contribution in [1.29, 1.82) is 0 Å². The van der Waals surface area contributed by atoms with Crippen molar-refractivity contribution in [3.05, 3.63) is 118 Å². The molecule has 2 aliphatic rings. The highest BCUT2D eigenvalue weighted by atomic mass is 16.6. The lowest BCUT2D eigenvalue weighted by molar-refractivity contribution is -0.0425. The maximum Gasteiger partial charge on any atom is 0.338 e. The summed E-state index contributed by atoms with van der Waals surface area (Å²) in [5.74, 6) is -0.833. The van der Waals surface area contributed by atoms with Gasteiger partial charge in [0.1, 0.15) is 18.8 Å². The third kappa shape index (κ3) is 4.70. The maximum atomic E-state index is 13.0. The summed E-state index contributed by atoms with van der Waals surface area (Å²) in [6.45, 7) is 3.94. The topological polar surface area (TPSA) is 61.8 Å². The molecule has 6 rings (SSSR count). The lowest BCUT2D eigenvalue weighted by Gasteiger charge is -2.19. The molecule has 38 heavy (non-hydrogen) atoms. The van der Waals surface area contributed by atoms with Crippen molar-refractivity contribution in [3.63, 3.8) is 0 Å². The second kappa shape index (κ2) is 10.1. The Morgan fingerprint density at radius 3 is 2.11 bits per heavy atom. The highest BCUT2D eigenvalue weighted by Gasteiger charge is 2.40. The molecule has 5 heteroatoms. The van der Waals surface area contributed by atoms with Crippen molar-refractivity contribution in [2.24, 2.45) is 0 Å². The lowest BCUT2D eigenvalue weighted by Crippen LogP contribution is -2.32. The highest BCUT2D eigenvalue weighted by molar-refractivity contribution is 5.93. The van der Waals surface area contributed by atoms with Gasteiger partial charge in [0.15, 0.2) is 0 Å². The fourth-order valence-corrected chi connectivity index (χ4v) is 5.56. The molecule has 1 aliphatic heterocycles. The average Bonchev–Trinajstić information content (AvgIpc) is 3.53. The number of hydrogen-bond acceptors (Lipinski definition) is 5. The van der Waals surface area contributed by atoms with Crippen LogP contribution in [0.2, 0.25) is 0 Å². The van der Waals surface area contributed by atoms with Gasteiger partial charge in [-0.15, -0.1) is 0 Å². The van der Waals surface area contributed by atoms with Gasteiger partial charge in [0.25, 0.3) is 0 Å². The van der Waals surface area contributed by atoms with Crippen LogP contribution < -0.4 is 0 Å². The van der Waals surface area contributed by atoms with Crippen LogP contribution in [0.4, 0.5) is 0 Å². The molecule has 0 aromatic heterocycles. The van der Waals surface area contributed by atoms with Gasteiger partial charge in [-0.3, -0.25) is 0 Å². The van der Waals surface area contributed by atoms with E-state index in [0.717, 1.165) is 29.5 Å². The van der Waals surface area contributed by atoms with Crippen molar-refractivity contribution in [1.82, 2.24) is 0 Å². The van der Waals surface area contributed by atoms with E-state index in [9.17, 15) is 9.59 Å². The van der Waals surface area contributed by atoms with Crippen LogP contribution in [0.5, 0.6) is 0 Å². The fraction of sp³-hybridized carbons (Fsp3) is 0.273. The Kier molecular flexibility index (Phi) is 6.46. The Morgan fingerprint density at radius 2 is 1.42 bits per heavy atom. The van der Waals surface area contributed by atoms with Gasteiger partial charge in [-0.05, 0) is 78.4 Å². The van der Waals surface area contributed by atoms with E-state index in [0.29, 0.717) is 17.5 Å². The molecule has 192 valence electrons. The number of hydrogen-bond donors (Lipinski definition) is 0. The molecule has 0 spiro atoms. The van der Waals surface area contributed by atoms with Gasteiger partial charge in [0, 0.05) is 6.42 Å². The van der Waals surface area contributed by atoms with E-state index in [1.165, 1.54) is 21.9 Å². The van der Waals surface area contributed by atoms with Crippen molar-refractivity contribution in [3.8, 4) is 0 Å². The van der Waals surface area contributed by atoms with Crippen LogP contribution in [0.15, 0.2) is 78.9 Å². The molecule has 5 nitrogen and oxygen atoms in total. The Bertz CT molecular complexity index is 1490. The molecule has 1 fully saturated rings. The minimum Gasteiger partial charge on any atom is -0.459 e. The molecule has 0 N–H and O–H groups in total. The van der Waals surface area contributed by atoms with Gasteiger partial charge in [-0.1, -0.05) is 65.7 Å². The Morgan fingerprint density at radius 1 is 0.789 bits per heavy atom. The molecule has 0 radical (unpaired) electrons. The SMILES string of the molecule is Cc1ccc(C(=O)OC[C@H]2O[C@@H](c3ccc4c5c(cccc35)CC4)C[C@@H]2OC(=O)c2ccc(C)cc2)cc1. The number of rotatable bonds is 6. The van der Waals surface area contributed by atoms with Gasteiger partial charge in [-0.25, -0.2) is 9.59 Å². The summed E-state index contributed by atoms with van der Waals surface area (Å²) in [5.41, 5.74) is 6.91. The molecule has 0 bridgehead atoms. The van der Waals surface area contributed by atoms with Crippen LogP contribution in [0.3, 0.4) is 0 Å². The molecule has 0 unspecified atom stereocenters. The summed E-state index contributed by atoms with van der Waals surface area (Å²) in [5, 5.41) is 2.50. The smallest absolute Gasteiger partial charge is 0.338 e. The Hall–Kier alpha value is -3.96. The van der Waals surface area contributed by atoms with E-state index in [1.807, 2.05) is 38.1 Å². The number of carbonyl (C=O) groups is 2. The molecule has 4 aromatic rings. The van der Waals surface area contributed by atoms with E-state index in [-0.39, 0.29) is 12.7 Å². The van der Waals surface area contributed by atoms with Gasteiger partial charge in [-0.2, -0.15) is 0 Å². The van der Waals surface area contributed by atoms with E-state index in [1.54, 1.807) is 24.3 Å². The summed E-state index contributed by atoms with van der Waals surface area (Å²) < 4.78 is 18.1. The van der Waals surface area contributed by atoms with Crippen LogP contribution in [-0.4, -0.2) is 30.8 Å². The quantitative estimate of drug-likeness (QED) is 0.281. The first-order valence-electron chi connectivity index (χ1n) is 13.2. The summed E-state index contributed by atoms with van der Waals surface area (Å²) >= 11 is 0. The predicted molar refractivity (Wildman–Crippen MR) is 145 cm³/mol. The van der Waals surface area contributed by atoms with Crippen molar-refractivity contribution < 1.29 is 23.8 Å². The van der Waals surface area contributed by atoms with E-state index >= 15 is 0 Å². The molecule has 0 amide bonds. The zero-order chi connectivity index (χ0) is 26.2. The van der Waals surface area contributed by atoms with Gasteiger partial charge in [0.05, 0.1) is 17.2 Å². The van der Waals surface area contributed by atoms with Crippen molar-refractivity contribution in [2.75, 3.05) is 6.61 Å². The highest BCUT2D eigenvalue weighted by Crippen LogP contribution is 2.41. The molecule has 0 saturated carbocycles. The molecular weight excluding hydrogens is 476 g/mol. The summed E-state index contributed by atoms with van der Waals surface area (Å²) in [7, 11) is 0. The van der Waals surface area contributed by atoms with Crippen molar-refractivity contribution >= 4 is 22.7 Å². The van der Waals surface area contributed by atoms with Crippen LogP contribution in [0.1, 0.15) is 61.1 Å². The van der Waals surface area contributed by atoms with Gasteiger partial charge < -0.3 is 14.2 Å². The number of esters is 2. The second-order valence-corrected chi connectivity index (χ2v) is 10.3. The standard InChI is InChI=1S/C33H30O5/c1-20-6-10-24(11-7-20)32(34)36-19-30-29(38-33(35)25-12-8-21(2)9-13-25)18-28(37-30)26-17-16-23-15-14-22-4-3-5-27(26)31(22)23/h3-13,16-17,28-30H,14-15,18-19H2,1-2H3/t28-,29+,30-/m1/s1. The van der Waals surface area contributed by atoms with Crippen LogP contribution in [-0.2, 0) is 27.1 Å². The van der Waals surface area contributed by atoms with E-state index in [2.05, 4.69) is 30.3 Å². The predicted octanol–water partition coefficient (Wildman–Crippen LogP) is 6.47. The monoisotopic (exact) mass is 506 g/mol. The third-order valence-electron chi connectivity index (χ3n) is 7.67. The fourth-order valence-electron chi connectivity index (χ4n) is 5.56. The molecule has 1 saturated heterocycles. The van der Waals surface area contributed by atoms with Gasteiger partial charge >= 0.3 is 11.9 Å². The number of aryl methyl sites for hydroxylation is 4. The summed E-state index contributed by atoms with van der Waals surface area (Å²) in [6.07, 6.45) is 1.18. The maximum absolute atomic E-state index is 13.0. The second-order valence-electron chi connectivity index (χ2n) is 10.3. The van der Waals surface area contributed by atoms with E-state index < -0.39 is 24.1 Å². The zero-order valence-electron chi connectivity index (χ0n) is 21.6. The average molecular weight is 507 g/mol. The summed E-state index contributed by atoms with van der Waals surface area (Å²) in [4.78, 5) is 25.7. The number of ether oxygens (including phenoxy) is 3. The first-order valence-corrected chi connectivity index (χ1v) is 13.2. The summed E-state index contributed by atoms with van der Waals surface area (Å²) in [6, 6.07) is 25.3.